The van der Waals surface area contributed by atoms with Crippen molar-refractivity contribution in [1.29, 1.82) is 0 Å². The molecule has 3 heterocycles. The van der Waals surface area contributed by atoms with Gasteiger partial charge in [0.2, 0.25) is 0 Å². The summed E-state index contributed by atoms with van der Waals surface area (Å²) in [4.78, 5) is 44.6. The van der Waals surface area contributed by atoms with Crippen molar-refractivity contribution in [1.82, 2.24) is 15.2 Å². The average Bonchev–Trinajstić information content (AvgIpc) is 3.73. The molecule has 9 nitrogen and oxygen atoms in total. The van der Waals surface area contributed by atoms with Crippen LogP contribution >= 0.6 is 0 Å². The number of benzene rings is 3. The Hall–Kier alpha value is -5.15. The van der Waals surface area contributed by atoms with Crippen LogP contribution in [0.15, 0.2) is 66.7 Å². The van der Waals surface area contributed by atoms with Crippen molar-refractivity contribution in [2.75, 3.05) is 42.1 Å². The lowest BCUT2D eigenvalue weighted by Gasteiger charge is -2.14. The van der Waals surface area contributed by atoms with Gasteiger partial charge >= 0.3 is 0 Å². The predicted octanol–water partition coefficient (Wildman–Crippen LogP) is 6.25. The van der Waals surface area contributed by atoms with Crippen LogP contribution in [0.2, 0.25) is 0 Å². The molecule has 9 heteroatoms. The van der Waals surface area contributed by atoms with Crippen LogP contribution < -0.4 is 21.3 Å². The van der Waals surface area contributed by atoms with E-state index in [-0.39, 0.29) is 17.7 Å². The van der Waals surface area contributed by atoms with E-state index < -0.39 is 0 Å². The van der Waals surface area contributed by atoms with Gasteiger partial charge in [-0.15, -0.1) is 0 Å². The minimum Gasteiger partial charge on any atom is -0.358 e. The second kappa shape index (κ2) is 12.8. The highest BCUT2D eigenvalue weighted by Gasteiger charge is 2.26. The highest BCUT2D eigenvalue weighted by molar-refractivity contribution is 6.35. The summed E-state index contributed by atoms with van der Waals surface area (Å²) in [6.45, 7) is 9.42. The summed E-state index contributed by atoms with van der Waals surface area (Å²) in [5.74, 6) is -0.488. The molecule has 230 valence electrons. The van der Waals surface area contributed by atoms with Gasteiger partial charge in [-0.1, -0.05) is 24.3 Å². The quantitative estimate of drug-likeness (QED) is 0.145. The lowest BCUT2D eigenvalue weighted by molar-refractivity contribution is -0.110. The Kier molecular flexibility index (Phi) is 8.53. The van der Waals surface area contributed by atoms with Gasteiger partial charge in [0.05, 0.1) is 11.1 Å². The van der Waals surface area contributed by atoms with E-state index in [4.69, 9.17) is 0 Å². The summed E-state index contributed by atoms with van der Waals surface area (Å²) in [5.41, 5.74) is 8.80. The molecule has 0 bridgehead atoms. The molecule has 2 aliphatic heterocycles. The number of nitrogens with one attached hydrogen (secondary N) is 5. The Morgan fingerprint density at radius 1 is 0.911 bits per heavy atom. The van der Waals surface area contributed by atoms with Gasteiger partial charge in [0.25, 0.3) is 17.7 Å². The van der Waals surface area contributed by atoms with Crippen molar-refractivity contribution in [3.8, 4) is 0 Å². The lowest BCUT2D eigenvalue weighted by Crippen LogP contribution is -2.33. The number of anilines is 4. The highest BCUT2D eigenvalue weighted by Crippen LogP contribution is 2.37. The summed E-state index contributed by atoms with van der Waals surface area (Å²) >= 11 is 0. The van der Waals surface area contributed by atoms with Crippen LogP contribution in [0.25, 0.3) is 11.6 Å². The van der Waals surface area contributed by atoms with Crippen molar-refractivity contribution in [3.05, 3.63) is 106 Å². The zero-order valence-electron chi connectivity index (χ0n) is 25.8. The Morgan fingerprint density at radius 3 is 2.44 bits per heavy atom. The molecule has 0 radical (unpaired) electrons. The predicted molar refractivity (Wildman–Crippen MR) is 180 cm³/mol. The molecule has 1 saturated heterocycles. The number of aromatic amines is 1. The Balaban J connectivity index is 1.20. The number of carbonyl (C=O) groups excluding carboxylic acids is 3. The molecule has 1 aromatic heterocycles. The van der Waals surface area contributed by atoms with Gasteiger partial charge in [-0.25, -0.2) is 0 Å². The first-order valence-electron chi connectivity index (χ1n) is 15.4. The summed E-state index contributed by atoms with van der Waals surface area (Å²) < 4.78 is 0. The topological polar surface area (TPSA) is 118 Å². The lowest BCUT2D eigenvalue weighted by atomic mass is 10.0. The molecular formula is C36H38N6O3. The van der Waals surface area contributed by atoms with E-state index in [0.717, 1.165) is 64.8 Å². The first-order valence-corrected chi connectivity index (χ1v) is 15.4. The number of hydrogen-bond acceptors (Lipinski definition) is 5. The van der Waals surface area contributed by atoms with Crippen LogP contribution in [-0.2, 0) is 4.79 Å². The number of aryl methyl sites for hydroxylation is 2. The molecule has 5 N–H and O–H groups in total. The van der Waals surface area contributed by atoms with Crippen LogP contribution in [0.1, 0.15) is 61.6 Å². The summed E-state index contributed by atoms with van der Waals surface area (Å²) in [6, 6.07) is 20.5. The van der Waals surface area contributed by atoms with E-state index >= 15 is 0 Å². The van der Waals surface area contributed by atoms with Crippen LogP contribution in [0, 0.1) is 20.8 Å². The molecule has 3 aromatic carbocycles. The fourth-order valence-electron chi connectivity index (χ4n) is 6.02. The van der Waals surface area contributed by atoms with E-state index in [0.29, 0.717) is 28.9 Å². The first-order chi connectivity index (χ1) is 21.8. The number of rotatable bonds is 9. The fourth-order valence-corrected chi connectivity index (χ4v) is 6.02. The Morgan fingerprint density at radius 2 is 1.67 bits per heavy atom. The maximum Gasteiger partial charge on any atom is 0.256 e. The number of fused-ring (bicyclic) bond motifs is 1. The minimum absolute atomic E-state index is 0.106. The first kappa shape index (κ1) is 29.9. The molecular weight excluding hydrogens is 564 g/mol. The molecule has 0 saturated carbocycles. The molecule has 0 spiro atoms. The van der Waals surface area contributed by atoms with E-state index in [2.05, 4.69) is 31.2 Å². The van der Waals surface area contributed by atoms with E-state index in [1.165, 1.54) is 12.8 Å². The third kappa shape index (κ3) is 6.53. The van der Waals surface area contributed by atoms with Gasteiger partial charge in [-0.05, 0) is 106 Å². The molecule has 2 aliphatic rings. The SMILES string of the molecule is Cc1ccc(NC(=O)c2ccccc2)cc1Nc1ccc2c(c1)/C(=C/c1[nH]c(C)c(C(=O)NCCN3CCCC3)c1C)C(=O)N2. The second-order valence-electron chi connectivity index (χ2n) is 11.7. The second-order valence-corrected chi connectivity index (χ2v) is 11.7. The fraction of sp³-hybridized carbons (Fsp3) is 0.250. The van der Waals surface area contributed by atoms with E-state index in [9.17, 15) is 14.4 Å². The Labute approximate surface area is 263 Å². The average molecular weight is 603 g/mol. The molecule has 45 heavy (non-hydrogen) atoms. The maximum absolute atomic E-state index is 13.1. The smallest absolute Gasteiger partial charge is 0.256 e. The van der Waals surface area contributed by atoms with Crippen LogP contribution in [0.5, 0.6) is 0 Å². The molecule has 6 rings (SSSR count). The standard InChI is InChI=1S/C36H38N6O3/c1-22-11-12-27(40-34(43)25-9-5-4-6-10-25)20-31(22)39-26-13-14-30-28(19-26)29(35(44)41-30)21-32-23(2)33(24(3)38-32)36(45)37-15-18-42-16-7-8-17-42/h4-6,9-14,19-21,38-39H,7-8,15-18H2,1-3H3,(H,37,45)(H,40,43)(H,41,44)/b29-21-. The minimum atomic E-state index is -0.202. The van der Waals surface area contributed by atoms with Crippen molar-refractivity contribution < 1.29 is 14.4 Å². The van der Waals surface area contributed by atoms with Gasteiger partial charge in [0.15, 0.2) is 0 Å². The number of likely N-dealkylation sites (tertiary alicyclic amines) is 1. The molecule has 3 amide bonds. The molecule has 1 fully saturated rings. The van der Waals surface area contributed by atoms with Gasteiger partial charge in [-0.2, -0.15) is 0 Å². The zero-order chi connectivity index (χ0) is 31.5. The number of H-pyrrole nitrogens is 1. The van der Waals surface area contributed by atoms with Crippen LogP contribution in [0.3, 0.4) is 0 Å². The van der Waals surface area contributed by atoms with E-state index in [1.54, 1.807) is 12.1 Å². The number of amides is 3. The third-order valence-corrected chi connectivity index (χ3v) is 8.52. The van der Waals surface area contributed by atoms with Crippen molar-refractivity contribution in [2.45, 2.75) is 33.6 Å². The zero-order valence-corrected chi connectivity index (χ0v) is 25.8. The number of nitrogens with zero attached hydrogens (tertiary/aromatic N) is 1. The van der Waals surface area contributed by atoms with E-state index in [1.807, 2.05) is 81.4 Å². The number of hydrogen-bond donors (Lipinski definition) is 5. The molecule has 0 atom stereocenters. The van der Waals surface area contributed by atoms with Gasteiger partial charge in [0, 0.05) is 58.4 Å². The van der Waals surface area contributed by atoms with Gasteiger partial charge < -0.3 is 31.2 Å². The largest absolute Gasteiger partial charge is 0.358 e. The normalized spacial score (nSPS) is 15.2. The van der Waals surface area contributed by atoms with Crippen LogP contribution in [0.4, 0.5) is 22.7 Å². The number of carbonyl (C=O) groups is 3. The summed E-state index contributed by atoms with van der Waals surface area (Å²) in [6.07, 6.45) is 4.26. The van der Waals surface area contributed by atoms with Crippen molar-refractivity contribution >= 4 is 52.1 Å². The van der Waals surface area contributed by atoms with Crippen molar-refractivity contribution in [3.63, 3.8) is 0 Å². The van der Waals surface area contributed by atoms with Crippen LogP contribution in [-0.4, -0.2) is 53.8 Å². The summed E-state index contributed by atoms with van der Waals surface area (Å²) in [7, 11) is 0. The maximum atomic E-state index is 13.1. The number of aromatic nitrogens is 1. The van der Waals surface area contributed by atoms with Gasteiger partial charge in [-0.3, -0.25) is 14.4 Å². The van der Waals surface area contributed by atoms with Gasteiger partial charge in [0.1, 0.15) is 0 Å². The highest BCUT2D eigenvalue weighted by atomic mass is 16.2. The molecule has 0 aliphatic carbocycles. The summed E-state index contributed by atoms with van der Waals surface area (Å²) in [5, 5.41) is 12.4. The monoisotopic (exact) mass is 602 g/mol. The van der Waals surface area contributed by atoms with Crippen molar-refractivity contribution in [2.24, 2.45) is 0 Å². The Bertz CT molecular complexity index is 1800. The third-order valence-electron chi connectivity index (χ3n) is 8.52. The molecule has 0 unspecified atom stereocenters. The molecule has 4 aromatic rings.